The van der Waals surface area contributed by atoms with E-state index < -0.39 is 0 Å². The van der Waals surface area contributed by atoms with Crippen molar-refractivity contribution in [1.82, 2.24) is 5.32 Å². The molecule has 1 aliphatic heterocycles. The van der Waals surface area contributed by atoms with Crippen molar-refractivity contribution < 1.29 is 9.69 Å². The van der Waals surface area contributed by atoms with Gasteiger partial charge in [-0.25, -0.2) is 0 Å². The fourth-order valence-electron chi connectivity index (χ4n) is 2.64. The lowest BCUT2D eigenvalue weighted by atomic mass is 10.0. The number of carbonyl (C=O) groups excluding carboxylic acids is 1. The van der Waals surface area contributed by atoms with E-state index in [0.29, 0.717) is 29.2 Å². The first-order valence-electron chi connectivity index (χ1n) is 7.11. The molecule has 20 heavy (non-hydrogen) atoms. The van der Waals surface area contributed by atoms with Crippen LogP contribution in [0.2, 0.25) is 10.0 Å². The highest BCUT2D eigenvalue weighted by Crippen LogP contribution is 2.20. The molecule has 1 fully saturated rings. The van der Waals surface area contributed by atoms with Crippen LogP contribution < -0.4 is 10.2 Å². The number of halogens is 2. The molecule has 0 aromatic heterocycles. The number of piperidine rings is 1. The summed E-state index contributed by atoms with van der Waals surface area (Å²) in [5, 5.41) is 4.14. The molecule has 110 valence electrons. The number of hydrogen-bond acceptors (Lipinski definition) is 1. The highest BCUT2D eigenvalue weighted by Gasteiger charge is 2.23. The Balaban J connectivity index is 1.82. The van der Waals surface area contributed by atoms with Crippen molar-refractivity contribution in [3.8, 4) is 0 Å². The van der Waals surface area contributed by atoms with E-state index in [0.717, 1.165) is 12.1 Å². The van der Waals surface area contributed by atoms with Gasteiger partial charge in [0, 0.05) is 16.6 Å². The molecule has 0 spiro atoms. The van der Waals surface area contributed by atoms with Crippen LogP contribution in [0.4, 0.5) is 0 Å². The topological polar surface area (TPSA) is 33.5 Å². The monoisotopic (exact) mass is 315 g/mol. The third-order valence-corrected chi connectivity index (χ3v) is 4.55. The number of amides is 1. The Morgan fingerprint density at radius 1 is 1.40 bits per heavy atom. The second-order valence-electron chi connectivity index (χ2n) is 5.49. The van der Waals surface area contributed by atoms with Crippen molar-refractivity contribution in [2.75, 3.05) is 13.1 Å². The number of nitrogens with one attached hydrogen (secondary N) is 2. The summed E-state index contributed by atoms with van der Waals surface area (Å²) < 4.78 is 0. The van der Waals surface area contributed by atoms with Gasteiger partial charge < -0.3 is 10.2 Å². The molecule has 1 amide bonds. The highest BCUT2D eigenvalue weighted by atomic mass is 35.5. The lowest BCUT2D eigenvalue weighted by Gasteiger charge is -2.29. The maximum absolute atomic E-state index is 12.0. The van der Waals surface area contributed by atoms with E-state index in [2.05, 4.69) is 12.2 Å². The first-order chi connectivity index (χ1) is 9.56. The van der Waals surface area contributed by atoms with Crippen LogP contribution in [-0.2, 0) is 11.3 Å². The van der Waals surface area contributed by atoms with E-state index in [-0.39, 0.29) is 5.91 Å². The predicted octanol–water partition coefficient (Wildman–Crippen LogP) is 2.07. The van der Waals surface area contributed by atoms with Crippen LogP contribution in [0.1, 0.15) is 31.7 Å². The normalized spacial score (nSPS) is 22.6. The zero-order valence-corrected chi connectivity index (χ0v) is 13.2. The Morgan fingerprint density at radius 2 is 2.20 bits per heavy atom. The van der Waals surface area contributed by atoms with Crippen molar-refractivity contribution in [1.29, 1.82) is 0 Å². The van der Waals surface area contributed by atoms with Crippen LogP contribution in [0, 0.1) is 0 Å². The molecule has 1 aliphatic rings. The standard InChI is InChI=1S/C15H20Cl2N2O/c1-11-4-2-3-7-19(11)10-15(20)18-9-12-5-6-13(16)8-14(12)17/h5-6,8,11H,2-4,7,9-10H2,1H3,(H,18,20)/p+1/t11-/m0/s1. The number of rotatable bonds is 4. The van der Waals surface area contributed by atoms with Crippen LogP contribution in [0.3, 0.4) is 0 Å². The second kappa shape index (κ2) is 7.30. The zero-order valence-electron chi connectivity index (χ0n) is 11.7. The van der Waals surface area contributed by atoms with Crippen LogP contribution in [-0.4, -0.2) is 25.0 Å². The van der Waals surface area contributed by atoms with E-state index in [1.54, 1.807) is 12.1 Å². The minimum Gasteiger partial charge on any atom is -0.347 e. The van der Waals surface area contributed by atoms with Crippen molar-refractivity contribution in [2.45, 2.75) is 38.8 Å². The third-order valence-electron chi connectivity index (χ3n) is 3.96. The number of quaternary nitrogens is 1. The molecular formula is C15H21Cl2N2O+. The molecule has 3 nitrogen and oxygen atoms in total. The largest absolute Gasteiger partial charge is 0.347 e. The summed E-state index contributed by atoms with van der Waals surface area (Å²) in [6.07, 6.45) is 3.72. The van der Waals surface area contributed by atoms with E-state index in [9.17, 15) is 4.79 Å². The summed E-state index contributed by atoms with van der Waals surface area (Å²) in [5.74, 6) is 0.0831. The molecule has 0 saturated carbocycles. The van der Waals surface area contributed by atoms with Gasteiger partial charge in [0.05, 0.1) is 12.6 Å². The van der Waals surface area contributed by atoms with E-state index in [1.165, 1.54) is 24.2 Å². The maximum Gasteiger partial charge on any atom is 0.275 e. The van der Waals surface area contributed by atoms with Gasteiger partial charge in [-0.15, -0.1) is 0 Å². The van der Waals surface area contributed by atoms with Crippen molar-refractivity contribution >= 4 is 29.1 Å². The first kappa shape index (κ1) is 15.6. The Kier molecular flexibility index (Phi) is 5.70. The quantitative estimate of drug-likeness (QED) is 0.876. The Hall–Kier alpha value is -0.770. The molecule has 0 bridgehead atoms. The Morgan fingerprint density at radius 3 is 2.90 bits per heavy atom. The van der Waals surface area contributed by atoms with Crippen LogP contribution in [0.5, 0.6) is 0 Å². The lowest BCUT2D eigenvalue weighted by molar-refractivity contribution is -0.921. The summed E-state index contributed by atoms with van der Waals surface area (Å²) >= 11 is 11.9. The van der Waals surface area contributed by atoms with Gasteiger partial charge in [-0.05, 0) is 43.9 Å². The van der Waals surface area contributed by atoms with Gasteiger partial charge >= 0.3 is 0 Å². The average molecular weight is 316 g/mol. The van der Waals surface area contributed by atoms with Gasteiger partial charge in [0.1, 0.15) is 0 Å². The van der Waals surface area contributed by atoms with E-state index in [4.69, 9.17) is 23.2 Å². The molecule has 5 heteroatoms. The van der Waals surface area contributed by atoms with Crippen LogP contribution in [0.15, 0.2) is 18.2 Å². The first-order valence-corrected chi connectivity index (χ1v) is 7.87. The maximum atomic E-state index is 12.0. The van der Waals surface area contributed by atoms with Gasteiger partial charge in [0.15, 0.2) is 6.54 Å². The minimum atomic E-state index is 0.0831. The van der Waals surface area contributed by atoms with Crippen molar-refractivity contribution in [2.24, 2.45) is 0 Å². The molecule has 2 atom stereocenters. The molecule has 0 radical (unpaired) electrons. The molecule has 2 rings (SSSR count). The van der Waals surface area contributed by atoms with Crippen molar-refractivity contribution in [3.05, 3.63) is 33.8 Å². The second-order valence-corrected chi connectivity index (χ2v) is 6.34. The molecule has 1 heterocycles. The fraction of sp³-hybridized carbons (Fsp3) is 0.533. The van der Waals surface area contributed by atoms with Gasteiger partial charge in [0.25, 0.3) is 5.91 Å². The minimum absolute atomic E-state index is 0.0831. The van der Waals surface area contributed by atoms with E-state index >= 15 is 0 Å². The molecule has 1 aromatic rings. The number of carbonyl (C=O) groups is 1. The Bertz CT molecular complexity index is 479. The summed E-state index contributed by atoms with van der Waals surface area (Å²) in [7, 11) is 0. The smallest absolute Gasteiger partial charge is 0.275 e. The molecule has 1 saturated heterocycles. The molecule has 1 unspecified atom stereocenters. The molecular weight excluding hydrogens is 295 g/mol. The van der Waals surface area contributed by atoms with Gasteiger partial charge in [-0.2, -0.15) is 0 Å². The number of hydrogen-bond donors (Lipinski definition) is 2. The number of likely N-dealkylation sites (tertiary alicyclic amines) is 1. The highest BCUT2D eigenvalue weighted by molar-refractivity contribution is 6.35. The fourth-order valence-corrected chi connectivity index (χ4v) is 3.12. The SMILES string of the molecule is C[C@H]1CCCC[NH+]1CC(=O)NCc1ccc(Cl)cc1Cl. The van der Waals surface area contributed by atoms with Crippen molar-refractivity contribution in [3.63, 3.8) is 0 Å². The summed E-state index contributed by atoms with van der Waals surface area (Å²) in [5.41, 5.74) is 0.895. The molecule has 0 aliphatic carbocycles. The van der Waals surface area contributed by atoms with Crippen LogP contribution >= 0.6 is 23.2 Å². The van der Waals surface area contributed by atoms with Gasteiger partial charge in [-0.1, -0.05) is 29.3 Å². The molecule has 2 N–H and O–H groups in total. The zero-order chi connectivity index (χ0) is 14.5. The predicted molar refractivity (Wildman–Crippen MR) is 82.3 cm³/mol. The Labute approximate surface area is 130 Å². The van der Waals surface area contributed by atoms with Gasteiger partial charge in [0.2, 0.25) is 0 Å². The summed E-state index contributed by atoms with van der Waals surface area (Å²) in [6, 6.07) is 5.91. The summed E-state index contributed by atoms with van der Waals surface area (Å²) in [4.78, 5) is 13.4. The van der Waals surface area contributed by atoms with Crippen LogP contribution in [0.25, 0.3) is 0 Å². The van der Waals surface area contributed by atoms with E-state index in [1.807, 2.05) is 6.07 Å². The van der Waals surface area contributed by atoms with Gasteiger partial charge in [-0.3, -0.25) is 4.79 Å². The lowest BCUT2D eigenvalue weighted by Crippen LogP contribution is -3.17. The average Bonchev–Trinajstić information content (AvgIpc) is 2.40. The third kappa shape index (κ3) is 4.37. The summed E-state index contributed by atoms with van der Waals surface area (Å²) in [6.45, 7) is 4.32. The number of benzene rings is 1. The molecule has 1 aromatic carbocycles.